The van der Waals surface area contributed by atoms with E-state index in [0.717, 1.165) is 16.9 Å². The van der Waals surface area contributed by atoms with Crippen molar-refractivity contribution in [1.82, 2.24) is 14.8 Å². The van der Waals surface area contributed by atoms with Crippen molar-refractivity contribution < 1.29 is 13.6 Å². The van der Waals surface area contributed by atoms with Crippen LogP contribution in [0, 0.1) is 12.7 Å². The van der Waals surface area contributed by atoms with E-state index in [9.17, 15) is 9.18 Å². The number of aryl methyl sites for hydroxylation is 1. The van der Waals surface area contributed by atoms with Gasteiger partial charge in [0.1, 0.15) is 16.8 Å². The van der Waals surface area contributed by atoms with Crippen LogP contribution < -0.4 is 5.73 Å². The molecule has 0 radical (unpaired) electrons. The third-order valence-electron chi connectivity index (χ3n) is 4.65. The number of thioether (sulfide) groups is 1. The Balaban J connectivity index is 1.76. The van der Waals surface area contributed by atoms with Crippen molar-refractivity contribution in [2.75, 3.05) is 0 Å². The Kier molecular flexibility index (Phi) is 5.67. The van der Waals surface area contributed by atoms with E-state index in [1.807, 2.05) is 47.9 Å². The fourth-order valence-corrected chi connectivity index (χ4v) is 4.12. The predicted molar refractivity (Wildman–Crippen MR) is 112 cm³/mol. The van der Waals surface area contributed by atoms with Gasteiger partial charge in [-0.15, -0.1) is 10.2 Å². The molecule has 2 heterocycles. The van der Waals surface area contributed by atoms with Crippen LogP contribution in [0.5, 0.6) is 0 Å². The second-order valence-electron chi connectivity index (χ2n) is 6.74. The number of rotatable bonds is 7. The number of hydrogen-bond acceptors (Lipinski definition) is 5. The van der Waals surface area contributed by atoms with Crippen LogP contribution in [-0.2, 0) is 11.3 Å². The van der Waals surface area contributed by atoms with Gasteiger partial charge < -0.3 is 10.2 Å². The van der Waals surface area contributed by atoms with E-state index in [1.54, 1.807) is 18.4 Å². The van der Waals surface area contributed by atoms with Crippen molar-refractivity contribution in [2.24, 2.45) is 5.73 Å². The summed E-state index contributed by atoms with van der Waals surface area (Å²) in [7, 11) is 0. The lowest BCUT2D eigenvalue weighted by Crippen LogP contribution is -2.19. The monoisotopic (exact) mass is 422 g/mol. The molecule has 0 saturated carbocycles. The van der Waals surface area contributed by atoms with E-state index in [4.69, 9.17) is 10.2 Å². The van der Waals surface area contributed by atoms with Gasteiger partial charge in [0.15, 0.2) is 11.0 Å². The van der Waals surface area contributed by atoms with E-state index in [1.165, 1.54) is 23.9 Å². The molecule has 0 saturated heterocycles. The predicted octanol–water partition coefficient (Wildman–Crippen LogP) is 4.35. The molecule has 4 aromatic rings. The topological polar surface area (TPSA) is 86.9 Å². The van der Waals surface area contributed by atoms with Crippen LogP contribution in [0.2, 0.25) is 0 Å². The van der Waals surface area contributed by atoms with Crippen LogP contribution in [0.25, 0.3) is 11.4 Å². The lowest BCUT2D eigenvalue weighted by atomic mass is 10.1. The first-order valence-electron chi connectivity index (χ1n) is 9.26. The molecule has 0 aliphatic carbocycles. The smallest absolute Gasteiger partial charge is 0.235 e. The maximum Gasteiger partial charge on any atom is 0.235 e. The second-order valence-corrected chi connectivity index (χ2v) is 7.81. The van der Waals surface area contributed by atoms with E-state index in [2.05, 4.69) is 10.2 Å². The van der Waals surface area contributed by atoms with E-state index in [-0.39, 0.29) is 5.82 Å². The zero-order valence-electron chi connectivity index (χ0n) is 16.2. The molecule has 152 valence electrons. The molecule has 0 aliphatic rings. The van der Waals surface area contributed by atoms with Crippen molar-refractivity contribution >= 4 is 17.7 Å². The summed E-state index contributed by atoms with van der Waals surface area (Å²) in [5.74, 6) is 0.463. The first-order chi connectivity index (χ1) is 14.5. The van der Waals surface area contributed by atoms with Crippen LogP contribution >= 0.6 is 11.8 Å². The average Bonchev–Trinajstić information content (AvgIpc) is 3.38. The molecule has 0 fully saturated rings. The van der Waals surface area contributed by atoms with Crippen molar-refractivity contribution in [1.29, 1.82) is 0 Å². The standard InChI is InChI=1S/C22H19FN4O2S/c1-14-5-2-3-7-18(14)21-25-26-22(27(21)13-17-6-4-12-29-17)30-19(20(24)28)15-8-10-16(23)11-9-15/h2-12,19H,13H2,1H3,(H2,24,28). The molecule has 2 aromatic heterocycles. The molecule has 0 bridgehead atoms. The summed E-state index contributed by atoms with van der Waals surface area (Å²) in [5, 5.41) is 8.49. The molecule has 4 rings (SSSR count). The van der Waals surface area contributed by atoms with Gasteiger partial charge in [-0.25, -0.2) is 4.39 Å². The van der Waals surface area contributed by atoms with Crippen LogP contribution in [0.15, 0.2) is 76.5 Å². The number of benzene rings is 2. The van der Waals surface area contributed by atoms with E-state index < -0.39 is 11.2 Å². The zero-order chi connectivity index (χ0) is 21.1. The fraction of sp³-hybridized carbons (Fsp3) is 0.136. The fourth-order valence-electron chi connectivity index (χ4n) is 3.13. The Hall–Kier alpha value is -3.39. The average molecular weight is 422 g/mol. The Labute approximate surface area is 176 Å². The summed E-state index contributed by atoms with van der Waals surface area (Å²) in [6.07, 6.45) is 1.60. The molecule has 1 amide bonds. The van der Waals surface area contributed by atoms with Crippen LogP contribution in [0.3, 0.4) is 0 Å². The molecule has 30 heavy (non-hydrogen) atoms. The summed E-state index contributed by atoms with van der Waals surface area (Å²) in [5.41, 5.74) is 8.23. The highest BCUT2D eigenvalue weighted by molar-refractivity contribution is 8.00. The maximum atomic E-state index is 13.3. The molecular formula is C22H19FN4O2S. The van der Waals surface area contributed by atoms with Gasteiger partial charge in [0.2, 0.25) is 5.91 Å². The van der Waals surface area contributed by atoms with Gasteiger partial charge in [-0.05, 0) is 42.3 Å². The number of nitrogens with zero attached hydrogens (tertiary/aromatic N) is 3. The van der Waals surface area contributed by atoms with Gasteiger partial charge in [-0.3, -0.25) is 9.36 Å². The highest BCUT2D eigenvalue weighted by Gasteiger charge is 2.25. The van der Waals surface area contributed by atoms with Crippen molar-refractivity contribution in [3.63, 3.8) is 0 Å². The quantitative estimate of drug-likeness (QED) is 0.447. The molecular weight excluding hydrogens is 403 g/mol. The summed E-state index contributed by atoms with van der Waals surface area (Å²) in [6, 6.07) is 17.2. The van der Waals surface area contributed by atoms with Crippen molar-refractivity contribution in [3.8, 4) is 11.4 Å². The SMILES string of the molecule is Cc1ccccc1-c1nnc(SC(C(N)=O)c2ccc(F)cc2)n1Cc1ccco1. The summed E-state index contributed by atoms with van der Waals surface area (Å²) in [6.45, 7) is 2.39. The lowest BCUT2D eigenvalue weighted by molar-refractivity contribution is -0.117. The number of halogens is 1. The summed E-state index contributed by atoms with van der Waals surface area (Å²) in [4.78, 5) is 12.2. The Morgan fingerprint density at radius 3 is 2.57 bits per heavy atom. The molecule has 1 atom stereocenters. The second kappa shape index (κ2) is 8.54. The zero-order valence-corrected chi connectivity index (χ0v) is 17.0. The van der Waals surface area contributed by atoms with Crippen molar-refractivity contribution in [2.45, 2.75) is 23.9 Å². The third-order valence-corrected chi connectivity index (χ3v) is 5.90. The Morgan fingerprint density at radius 1 is 1.13 bits per heavy atom. The first kappa shape index (κ1) is 19.9. The molecule has 1 unspecified atom stereocenters. The molecule has 0 aliphatic heterocycles. The van der Waals surface area contributed by atoms with Gasteiger partial charge in [-0.1, -0.05) is 48.2 Å². The minimum Gasteiger partial charge on any atom is -0.467 e. The number of furan rings is 1. The molecule has 6 nitrogen and oxygen atoms in total. The number of primary amides is 1. The number of aromatic nitrogens is 3. The lowest BCUT2D eigenvalue weighted by Gasteiger charge is -2.15. The highest BCUT2D eigenvalue weighted by atomic mass is 32.2. The van der Waals surface area contributed by atoms with Gasteiger partial charge in [-0.2, -0.15) is 0 Å². The Bertz CT molecular complexity index is 1160. The summed E-state index contributed by atoms with van der Waals surface area (Å²) >= 11 is 1.18. The van der Waals surface area contributed by atoms with E-state index in [0.29, 0.717) is 23.1 Å². The largest absolute Gasteiger partial charge is 0.467 e. The number of amides is 1. The minimum absolute atomic E-state index is 0.380. The molecule has 0 spiro atoms. The maximum absolute atomic E-state index is 13.3. The summed E-state index contributed by atoms with van der Waals surface area (Å²) < 4.78 is 20.7. The van der Waals surface area contributed by atoms with Crippen molar-refractivity contribution in [3.05, 3.63) is 89.6 Å². The highest BCUT2D eigenvalue weighted by Crippen LogP contribution is 2.36. The minimum atomic E-state index is -0.741. The normalized spacial score (nSPS) is 12.1. The van der Waals surface area contributed by atoms with Crippen LogP contribution in [-0.4, -0.2) is 20.7 Å². The van der Waals surface area contributed by atoms with Gasteiger partial charge >= 0.3 is 0 Å². The van der Waals surface area contributed by atoms with Crippen LogP contribution in [0.1, 0.15) is 22.1 Å². The Morgan fingerprint density at radius 2 is 1.90 bits per heavy atom. The number of carbonyl (C=O) groups excluding carboxylic acids is 1. The van der Waals surface area contributed by atoms with Gasteiger partial charge in [0, 0.05) is 5.56 Å². The van der Waals surface area contributed by atoms with Crippen LogP contribution in [0.4, 0.5) is 4.39 Å². The third kappa shape index (κ3) is 4.13. The first-order valence-corrected chi connectivity index (χ1v) is 10.1. The molecule has 2 aromatic carbocycles. The number of nitrogens with two attached hydrogens (primary N) is 1. The van der Waals surface area contributed by atoms with E-state index >= 15 is 0 Å². The molecule has 8 heteroatoms. The van der Waals surface area contributed by atoms with Gasteiger partial charge in [0.25, 0.3) is 0 Å². The number of hydrogen-bond donors (Lipinski definition) is 1. The molecule has 2 N–H and O–H groups in total. The number of carbonyl (C=O) groups is 1. The van der Waals surface area contributed by atoms with Gasteiger partial charge in [0.05, 0.1) is 12.8 Å².